The van der Waals surface area contributed by atoms with Gasteiger partial charge in [-0.3, -0.25) is 19.5 Å². The van der Waals surface area contributed by atoms with Crippen LogP contribution in [-0.4, -0.2) is 67.2 Å². The highest BCUT2D eigenvalue weighted by molar-refractivity contribution is 8.06. The number of thioether (sulfide) groups is 2. The van der Waals surface area contributed by atoms with Crippen molar-refractivity contribution in [3.63, 3.8) is 0 Å². The summed E-state index contributed by atoms with van der Waals surface area (Å²) in [6.07, 6.45) is -3.22. The summed E-state index contributed by atoms with van der Waals surface area (Å²) in [5.41, 5.74) is 2.50. The number of β-lactam (4-membered cyclic amide) rings is 1. The Balaban J connectivity index is 0.000000517. The monoisotopic (exact) mass is 617 g/mol. The summed E-state index contributed by atoms with van der Waals surface area (Å²) in [6, 6.07) is 21.9. The van der Waals surface area contributed by atoms with Crippen molar-refractivity contribution in [3.05, 3.63) is 95.2 Å². The molecule has 14 heteroatoms. The third-order valence-electron chi connectivity index (χ3n) is 5.95. The fraction of sp³-hybridized carbons (Fsp3) is 0.179. The molecule has 42 heavy (non-hydrogen) atoms. The van der Waals surface area contributed by atoms with Crippen LogP contribution in [0.4, 0.5) is 13.2 Å². The molecule has 3 heterocycles. The highest BCUT2D eigenvalue weighted by atomic mass is 32.2. The maximum absolute atomic E-state index is 13.0. The van der Waals surface area contributed by atoms with Crippen LogP contribution in [-0.2, 0) is 25.6 Å². The van der Waals surface area contributed by atoms with Gasteiger partial charge in [0.1, 0.15) is 17.1 Å². The van der Waals surface area contributed by atoms with Gasteiger partial charge in [0.2, 0.25) is 5.91 Å². The quantitative estimate of drug-likeness (QED) is 0.329. The van der Waals surface area contributed by atoms with Crippen LogP contribution in [0.3, 0.4) is 0 Å². The Morgan fingerprint density at radius 1 is 1.00 bits per heavy atom. The average molecular weight is 618 g/mol. The van der Waals surface area contributed by atoms with Crippen molar-refractivity contribution in [3.8, 4) is 11.3 Å². The number of nitrogens with zero attached hydrogens (tertiary/aromatic N) is 2. The Hall–Kier alpha value is -4.30. The minimum absolute atomic E-state index is 0.0276. The second-order valence-electron chi connectivity index (χ2n) is 8.82. The SMILES string of the molecule is O=C(Cc1ccccc1)N[C@@H]1C(=O)N2C(C(=O)O)=C(Sc3cccnc3-c3ccccc3)CS[C@H]12.O=C(O)C(F)(F)F. The van der Waals surface area contributed by atoms with Crippen LogP contribution in [0.25, 0.3) is 11.3 Å². The summed E-state index contributed by atoms with van der Waals surface area (Å²) in [7, 11) is 0. The van der Waals surface area contributed by atoms with Crippen LogP contribution in [0.15, 0.2) is 94.5 Å². The Morgan fingerprint density at radius 3 is 2.21 bits per heavy atom. The zero-order valence-corrected chi connectivity index (χ0v) is 23.1. The molecule has 218 valence electrons. The number of benzene rings is 2. The Morgan fingerprint density at radius 2 is 1.62 bits per heavy atom. The van der Waals surface area contributed by atoms with Crippen molar-refractivity contribution >= 4 is 47.3 Å². The van der Waals surface area contributed by atoms with Gasteiger partial charge in [-0.25, -0.2) is 9.59 Å². The first-order chi connectivity index (χ1) is 20.0. The van der Waals surface area contributed by atoms with E-state index in [1.807, 2.05) is 72.8 Å². The molecule has 2 aliphatic rings. The van der Waals surface area contributed by atoms with E-state index in [0.717, 1.165) is 21.7 Å². The predicted octanol–water partition coefficient (Wildman–Crippen LogP) is 4.41. The highest BCUT2D eigenvalue weighted by Gasteiger charge is 2.54. The molecule has 0 saturated carbocycles. The summed E-state index contributed by atoms with van der Waals surface area (Å²) < 4.78 is 31.7. The lowest BCUT2D eigenvalue weighted by atomic mass is 10.0. The van der Waals surface area contributed by atoms with E-state index in [9.17, 15) is 32.7 Å². The van der Waals surface area contributed by atoms with E-state index in [2.05, 4.69) is 10.3 Å². The molecule has 1 saturated heterocycles. The molecule has 3 aromatic rings. The van der Waals surface area contributed by atoms with Gasteiger partial charge in [-0.05, 0) is 17.7 Å². The third-order valence-corrected chi connectivity index (χ3v) is 8.55. The minimum Gasteiger partial charge on any atom is -0.477 e. The standard InChI is InChI=1S/C26H21N3O4S2.C2HF3O2/c30-20(14-16-8-3-1-4-9-16)28-22-24(31)29-23(26(32)33)19(15-34-25(22)29)35-18-12-7-13-27-21(18)17-10-5-2-6-11-17;3-2(4,5)1(6)7/h1-13,22,25H,14-15H2,(H,28,30)(H,32,33);(H,6,7)/t22-,25-;/m1./s1. The third kappa shape index (κ3) is 7.12. The summed E-state index contributed by atoms with van der Waals surface area (Å²) in [5, 5.41) is 19.5. The molecule has 9 nitrogen and oxygen atoms in total. The van der Waals surface area contributed by atoms with E-state index in [4.69, 9.17) is 9.90 Å². The van der Waals surface area contributed by atoms with E-state index in [1.165, 1.54) is 28.4 Å². The second kappa shape index (κ2) is 13.1. The summed E-state index contributed by atoms with van der Waals surface area (Å²) >= 11 is 2.77. The van der Waals surface area contributed by atoms with E-state index >= 15 is 0 Å². The van der Waals surface area contributed by atoms with Crippen molar-refractivity contribution in [1.82, 2.24) is 15.2 Å². The molecule has 1 aromatic heterocycles. The molecule has 0 unspecified atom stereocenters. The zero-order valence-electron chi connectivity index (χ0n) is 21.4. The normalized spacial score (nSPS) is 17.8. The molecule has 2 aliphatic heterocycles. The number of hydrogen-bond donors (Lipinski definition) is 3. The van der Waals surface area contributed by atoms with Crippen LogP contribution >= 0.6 is 23.5 Å². The number of hydrogen-bond acceptors (Lipinski definition) is 7. The number of nitrogens with one attached hydrogen (secondary N) is 1. The van der Waals surface area contributed by atoms with Gasteiger partial charge in [-0.15, -0.1) is 11.8 Å². The first-order valence-electron chi connectivity index (χ1n) is 12.2. The lowest BCUT2D eigenvalue weighted by molar-refractivity contribution is -0.192. The lowest BCUT2D eigenvalue weighted by Crippen LogP contribution is -2.70. The van der Waals surface area contributed by atoms with E-state index in [0.29, 0.717) is 10.7 Å². The largest absolute Gasteiger partial charge is 0.490 e. The van der Waals surface area contributed by atoms with Gasteiger partial charge in [-0.1, -0.05) is 72.4 Å². The number of aliphatic carboxylic acids is 2. The van der Waals surface area contributed by atoms with Crippen LogP contribution in [0.2, 0.25) is 0 Å². The number of rotatable bonds is 7. The van der Waals surface area contributed by atoms with Crippen molar-refractivity contribution < 1.29 is 42.6 Å². The average Bonchev–Trinajstić information content (AvgIpc) is 2.96. The van der Waals surface area contributed by atoms with Crippen LogP contribution < -0.4 is 5.32 Å². The number of carbonyl (C=O) groups is 4. The molecular weight excluding hydrogens is 595 g/mol. The van der Waals surface area contributed by atoms with Gasteiger partial charge in [0.05, 0.1) is 12.1 Å². The second-order valence-corrected chi connectivity index (χ2v) is 11.1. The summed E-state index contributed by atoms with van der Waals surface area (Å²) in [6.45, 7) is 0. The van der Waals surface area contributed by atoms with E-state index in [1.54, 1.807) is 6.20 Å². The number of aromatic nitrogens is 1. The molecule has 0 bridgehead atoms. The maximum Gasteiger partial charge on any atom is 0.490 e. The topological polar surface area (TPSA) is 137 Å². The molecule has 5 rings (SSSR count). The van der Waals surface area contributed by atoms with Gasteiger partial charge in [0, 0.05) is 27.3 Å². The first kappa shape index (κ1) is 30.7. The van der Waals surface area contributed by atoms with E-state index < -0.39 is 35.4 Å². The minimum atomic E-state index is -5.08. The maximum atomic E-state index is 13.0. The molecule has 0 aliphatic carbocycles. The number of amides is 2. The molecular formula is C28H22F3N3O6S2. The Kier molecular flexibility index (Phi) is 9.58. The number of carbonyl (C=O) groups excluding carboxylic acids is 2. The number of alkyl halides is 3. The Bertz CT molecular complexity index is 1520. The predicted molar refractivity (Wildman–Crippen MR) is 149 cm³/mol. The van der Waals surface area contributed by atoms with Crippen molar-refractivity contribution in [2.75, 3.05) is 5.75 Å². The van der Waals surface area contributed by atoms with Crippen molar-refractivity contribution in [2.45, 2.75) is 28.9 Å². The molecule has 2 amide bonds. The van der Waals surface area contributed by atoms with Crippen LogP contribution in [0.1, 0.15) is 5.56 Å². The zero-order chi connectivity index (χ0) is 30.4. The van der Waals surface area contributed by atoms with Crippen molar-refractivity contribution in [1.29, 1.82) is 0 Å². The number of carboxylic acid groups (broad SMARTS) is 2. The fourth-order valence-corrected chi connectivity index (χ4v) is 6.69. The smallest absolute Gasteiger partial charge is 0.477 e. The molecule has 1 fully saturated rings. The Labute approximate surface area is 245 Å². The van der Waals surface area contributed by atoms with Gasteiger partial charge < -0.3 is 15.5 Å². The van der Waals surface area contributed by atoms with Gasteiger partial charge in [-0.2, -0.15) is 13.2 Å². The number of fused-ring (bicyclic) bond motifs is 1. The summed E-state index contributed by atoms with van der Waals surface area (Å²) in [5.74, 6) is -4.18. The van der Waals surface area contributed by atoms with Gasteiger partial charge in [0.15, 0.2) is 0 Å². The molecule has 2 atom stereocenters. The van der Waals surface area contributed by atoms with Gasteiger partial charge >= 0.3 is 18.1 Å². The molecule has 2 aromatic carbocycles. The lowest BCUT2D eigenvalue weighted by Gasteiger charge is -2.49. The number of halogens is 3. The molecule has 3 N–H and O–H groups in total. The summed E-state index contributed by atoms with van der Waals surface area (Å²) in [4.78, 5) is 53.8. The molecule has 0 radical (unpaired) electrons. The van der Waals surface area contributed by atoms with Gasteiger partial charge in [0.25, 0.3) is 5.91 Å². The molecule has 0 spiro atoms. The van der Waals surface area contributed by atoms with Crippen molar-refractivity contribution in [2.24, 2.45) is 0 Å². The number of pyridine rings is 1. The van der Waals surface area contributed by atoms with Crippen LogP contribution in [0.5, 0.6) is 0 Å². The first-order valence-corrected chi connectivity index (χ1v) is 14.1. The number of carboxylic acids is 2. The highest BCUT2D eigenvalue weighted by Crippen LogP contribution is 2.46. The van der Waals surface area contributed by atoms with Crippen LogP contribution in [0, 0.1) is 0 Å². The fourth-order valence-electron chi connectivity index (χ4n) is 4.09. The van der Waals surface area contributed by atoms with E-state index in [-0.39, 0.29) is 18.0 Å².